The third-order valence-corrected chi connectivity index (χ3v) is 9.88. The fraction of sp³-hybridized carbons (Fsp3) is 0. The van der Waals surface area contributed by atoms with Crippen LogP contribution in [0.5, 0.6) is 0 Å². The second-order valence-corrected chi connectivity index (χ2v) is 12.0. The van der Waals surface area contributed by atoms with Crippen molar-refractivity contribution in [1.82, 2.24) is 0 Å². The molecule has 196 valence electrons. The molecule has 0 aliphatic heterocycles. The summed E-state index contributed by atoms with van der Waals surface area (Å²) < 4.78 is 2.65. The lowest BCUT2D eigenvalue weighted by molar-refractivity contribution is 1.32. The highest BCUT2D eigenvalue weighted by atomic mass is 32.1. The molecule has 9 rings (SSSR count). The van der Waals surface area contributed by atoms with Gasteiger partial charge in [-0.2, -0.15) is 0 Å². The van der Waals surface area contributed by atoms with E-state index in [1.165, 1.54) is 74.6 Å². The fourth-order valence-electron chi connectivity index (χ4n) is 6.64. The van der Waals surface area contributed by atoms with E-state index in [1.807, 2.05) is 11.3 Å². The van der Waals surface area contributed by atoms with Crippen molar-refractivity contribution in [2.45, 2.75) is 0 Å². The van der Waals surface area contributed by atoms with Gasteiger partial charge in [-0.1, -0.05) is 127 Å². The molecule has 0 amide bonds. The van der Waals surface area contributed by atoms with E-state index in [2.05, 4.69) is 157 Å². The number of nitrogens with zero attached hydrogens (tertiary/aromatic N) is 1. The summed E-state index contributed by atoms with van der Waals surface area (Å²) in [6.45, 7) is 0. The van der Waals surface area contributed by atoms with Gasteiger partial charge in [0.15, 0.2) is 0 Å². The molecule has 0 spiro atoms. The number of hydrogen-bond donors (Lipinski definition) is 0. The van der Waals surface area contributed by atoms with Crippen LogP contribution in [0.2, 0.25) is 0 Å². The lowest BCUT2D eigenvalue weighted by atomic mass is 10.0. The van der Waals surface area contributed by atoms with Gasteiger partial charge < -0.3 is 4.90 Å². The number of benzene rings is 8. The highest BCUT2D eigenvalue weighted by Gasteiger charge is 2.20. The Labute approximate surface area is 247 Å². The molecule has 1 aromatic heterocycles. The maximum Gasteiger partial charge on any atom is 0.0640 e. The van der Waals surface area contributed by atoms with Crippen molar-refractivity contribution in [1.29, 1.82) is 0 Å². The molecule has 1 nitrogen and oxygen atoms in total. The zero-order valence-corrected chi connectivity index (χ0v) is 23.6. The zero-order valence-electron chi connectivity index (χ0n) is 22.8. The predicted molar refractivity (Wildman–Crippen MR) is 184 cm³/mol. The van der Waals surface area contributed by atoms with Crippen LogP contribution < -0.4 is 4.90 Å². The van der Waals surface area contributed by atoms with E-state index in [0.29, 0.717) is 0 Å². The van der Waals surface area contributed by atoms with Gasteiger partial charge >= 0.3 is 0 Å². The van der Waals surface area contributed by atoms with E-state index < -0.39 is 0 Å². The summed E-state index contributed by atoms with van der Waals surface area (Å²) >= 11 is 1.90. The Morgan fingerprint density at radius 2 is 0.857 bits per heavy atom. The van der Waals surface area contributed by atoms with E-state index in [9.17, 15) is 0 Å². The number of rotatable bonds is 3. The van der Waals surface area contributed by atoms with Crippen molar-refractivity contribution in [3.63, 3.8) is 0 Å². The summed E-state index contributed by atoms with van der Waals surface area (Å²) in [6, 6.07) is 55.5. The Balaban J connectivity index is 1.37. The van der Waals surface area contributed by atoms with Gasteiger partial charge in [0.1, 0.15) is 0 Å². The van der Waals surface area contributed by atoms with Crippen LogP contribution in [0.15, 0.2) is 152 Å². The van der Waals surface area contributed by atoms with Crippen molar-refractivity contribution in [3.8, 4) is 0 Å². The van der Waals surface area contributed by atoms with Crippen LogP contribution in [0.4, 0.5) is 17.1 Å². The quantitative estimate of drug-likeness (QED) is 0.197. The lowest BCUT2D eigenvalue weighted by Gasteiger charge is -2.28. The predicted octanol–water partition coefficient (Wildman–Crippen LogP) is 12.1. The summed E-state index contributed by atoms with van der Waals surface area (Å²) in [5.41, 5.74) is 3.54. The molecule has 2 heteroatoms. The Bertz CT molecular complexity index is 2480. The first kappa shape index (κ1) is 23.5. The molecule has 0 atom stereocenters. The molecule has 0 radical (unpaired) electrons. The topological polar surface area (TPSA) is 3.24 Å². The fourth-order valence-corrected chi connectivity index (χ4v) is 7.98. The molecule has 0 aliphatic carbocycles. The maximum absolute atomic E-state index is 2.47. The molecule has 0 saturated heterocycles. The summed E-state index contributed by atoms with van der Waals surface area (Å²) in [7, 11) is 0. The van der Waals surface area contributed by atoms with E-state index in [-0.39, 0.29) is 0 Å². The molecule has 9 aromatic rings. The molecule has 42 heavy (non-hydrogen) atoms. The average Bonchev–Trinajstić information content (AvgIpc) is 3.45. The first-order chi connectivity index (χ1) is 20.8. The lowest BCUT2D eigenvalue weighted by Crippen LogP contribution is -2.10. The molecule has 0 saturated carbocycles. The normalized spacial score (nSPS) is 11.8. The summed E-state index contributed by atoms with van der Waals surface area (Å²) in [5.74, 6) is 0. The van der Waals surface area contributed by atoms with Crippen LogP contribution >= 0.6 is 11.3 Å². The summed E-state index contributed by atoms with van der Waals surface area (Å²) in [5, 5.41) is 12.8. The second-order valence-electron chi connectivity index (χ2n) is 10.9. The third kappa shape index (κ3) is 3.49. The van der Waals surface area contributed by atoms with Gasteiger partial charge in [-0.15, -0.1) is 11.3 Å². The molecule has 0 aliphatic rings. The third-order valence-electron chi connectivity index (χ3n) is 8.60. The van der Waals surface area contributed by atoms with E-state index >= 15 is 0 Å². The largest absolute Gasteiger partial charge is 0.308 e. The Kier molecular flexibility index (Phi) is 5.13. The van der Waals surface area contributed by atoms with Crippen molar-refractivity contribution in [3.05, 3.63) is 152 Å². The smallest absolute Gasteiger partial charge is 0.0640 e. The minimum absolute atomic E-state index is 1.16. The highest BCUT2D eigenvalue weighted by molar-refractivity contribution is 7.27. The highest BCUT2D eigenvalue weighted by Crippen LogP contribution is 2.48. The van der Waals surface area contributed by atoms with E-state index in [4.69, 9.17) is 0 Å². The van der Waals surface area contributed by atoms with E-state index in [0.717, 1.165) is 5.69 Å². The standard InChI is InChI=1S/C40H25NS/c1-4-13-31-27(10-1)19-20-29-25-30(22-24-32(29)31)41(37-17-7-12-26-9-2-5-14-33(26)37)38-18-8-16-35-36-23-21-28-11-3-6-15-34(28)39(36)42-40(35)38/h1-25H. The van der Waals surface area contributed by atoms with Gasteiger partial charge in [-0.05, 0) is 62.0 Å². The van der Waals surface area contributed by atoms with Crippen LogP contribution in [0, 0.1) is 0 Å². The van der Waals surface area contributed by atoms with E-state index in [1.54, 1.807) is 0 Å². The van der Waals surface area contributed by atoms with Crippen molar-refractivity contribution in [2.24, 2.45) is 0 Å². The van der Waals surface area contributed by atoms with Crippen molar-refractivity contribution >= 4 is 91.7 Å². The first-order valence-electron chi connectivity index (χ1n) is 14.4. The number of thiophene rings is 1. The molecule has 0 unspecified atom stereocenters. The molecular formula is C40H25NS. The van der Waals surface area contributed by atoms with Gasteiger partial charge in [0.05, 0.1) is 16.1 Å². The van der Waals surface area contributed by atoms with Gasteiger partial charge in [-0.25, -0.2) is 0 Å². The van der Waals surface area contributed by atoms with Crippen LogP contribution in [0.1, 0.15) is 0 Å². The Morgan fingerprint density at radius 3 is 1.71 bits per heavy atom. The molecule has 0 N–H and O–H groups in total. The Morgan fingerprint density at radius 1 is 0.333 bits per heavy atom. The minimum Gasteiger partial charge on any atom is -0.308 e. The van der Waals surface area contributed by atoms with Crippen LogP contribution in [0.25, 0.3) is 63.3 Å². The average molecular weight is 552 g/mol. The molecule has 8 aromatic carbocycles. The van der Waals surface area contributed by atoms with Gasteiger partial charge in [0, 0.05) is 26.5 Å². The SMILES string of the molecule is c1ccc2c(N(c3ccc4c(ccc5ccccc54)c3)c3cccc4c3sc3c5ccccc5ccc43)cccc2c1. The second kappa shape index (κ2) is 9.17. The maximum atomic E-state index is 2.47. The minimum atomic E-state index is 1.16. The van der Waals surface area contributed by atoms with Crippen LogP contribution in [-0.4, -0.2) is 0 Å². The summed E-state index contributed by atoms with van der Waals surface area (Å²) in [4.78, 5) is 2.47. The van der Waals surface area contributed by atoms with Crippen LogP contribution in [-0.2, 0) is 0 Å². The molecule has 1 heterocycles. The van der Waals surface area contributed by atoms with Crippen LogP contribution in [0.3, 0.4) is 0 Å². The number of anilines is 3. The summed E-state index contributed by atoms with van der Waals surface area (Å²) in [6.07, 6.45) is 0. The zero-order chi connectivity index (χ0) is 27.6. The number of hydrogen-bond acceptors (Lipinski definition) is 2. The van der Waals surface area contributed by atoms with Crippen molar-refractivity contribution < 1.29 is 0 Å². The molecule has 0 bridgehead atoms. The molecule has 0 fully saturated rings. The first-order valence-corrected chi connectivity index (χ1v) is 15.2. The monoisotopic (exact) mass is 551 g/mol. The molecular weight excluding hydrogens is 527 g/mol. The van der Waals surface area contributed by atoms with Gasteiger partial charge in [-0.3, -0.25) is 0 Å². The van der Waals surface area contributed by atoms with Gasteiger partial charge in [0.25, 0.3) is 0 Å². The number of fused-ring (bicyclic) bond motifs is 9. The van der Waals surface area contributed by atoms with Gasteiger partial charge in [0.2, 0.25) is 0 Å². The van der Waals surface area contributed by atoms with Crippen molar-refractivity contribution in [2.75, 3.05) is 4.90 Å². The Hall–Kier alpha value is -5.18.